The summed E-state index contributed by atoms with van der Waals surface area (Å²) in [5.74, 6) is 1.39. The van der Waals surface area contributed by atoms with Gasteiger partial charge in [-0.15, -0.1) is 11.6 Å². The Balaban J connectivity index is 2.43. The molecule has 17 heavy (non-hydrogen) atoms. The van der Waals surface area contributed by atoms with E-state index < -0.39 is 0 Å². The SMILES string of the molecule is Cc1cccc2c(O)cc3c(c12)C(CCl)C[NH2+]3. The summed E-state index contributed by atoms with van der Waals surface area (Å²) in [6.45, 7) is 3.07. The summed E-state index contributed by atoms with van der Waals surface area (Å²) in [6, 6.07) is 7.91. The molecule has 3 N–H and O–H groups in total. The molecular weight excluding hydrogens is 234 g/mol. The van der Waals surface area contributed by atoms with Crippen LogP contribution in [0.4, 0.5) is 5.69 Å². The molecule has 2 aromatic carbocycles. The number of hydrogen-bond donors (Lipinski definition) is 2. The molecule has 0 aromatic heterocycles. The van der Waals surface area contributed by atoms with Crippen LogP contribution in [0.2, 0.25) is 0 Å². The molecule has 1 atom stereocenters. The minimum absolute atomic E-state index is 0.369. The van der Waals surface area contributed by atoms with Crippen molar-refractivity contribution in [2.75, 3.05) is 12.4 Å². The molecule has 3 rings (SSSR count). The zero-order valence-corrected chi connectivity index (χ0v) is 10.5. The average Bonchev–Trinajstić information content (AvgIpc) is 2.72. The molecule has 0 saturated heterocycles. The highest BCUT2D eigenvalue weighted by molar-refractivity contribution is 6.18. The Morgan fingerprint density at radius 1 is 1.47 bits per heavy atom. The van der Waals surface area contributed by atoms with Crippen LogP contribution in [0.1, 0.15) is 17.0 Å². The Bertz CT molecular complexity index is 594. The van der Waals surface area contributed by atoms with E-state index in [1.807, 2.05) is 18.2 Å². The van der Waals surface area contributed by atoms with E-state index in [-0.39, 0.29) is 0 Å². The number of hydrogen-bond acceptors (Lipinski definition) is 1. The second-order valence-corrected chi connectivity index (χ2v) is 5.00. The number of rotatable bonds is 1. The molecule has 2 nitrogen and oxygen atoms in total. The molecule has 0 amide bonds. The van der Waals surface area contributed by atoms with Gasteiger partial charge in [0.2, 0.25) is 0 Å². The van der Waals surface area contributed by atoms with Crippen molar-refractivity contribution in [1.29, 1.82) is 0 Å². The molecule has 0 radical (unpaired) electrons. The third-order valence-electron chi connectivity index (χ3n) is 3.64. The molecule has 1 unspecified atom stereocenters. The molecule has 1 heterocycles. The lowest BCUT2D eigenvalue weighted by molar-refractivity contribution is -0.563. The maximum Gasteiger partial charge on any atom is 0.137 e. The van der Waals surface area contributed by atoms with Gasteiger partial charge < -0.3 is 10.4 Å². The van der Waals surface area contributed by atoms with Crippen molar-refractivity contribution in [2.24, 2.45) is 0 Å². The topological polar surface area (TPSA) is 36.8 Å². The Labute approximate surface area is 105 Å². The van der Waals surface area contributed by atoms with Gasteiger partial charge in [-0.2, -0.15) is 0 Å². The number of benzene rings is 2. The molecular formula is C14H15ClNO+. The molecule has 88 valence electrons. The number of aryl methyl sites for hydroxylation is 1. The molecule has 1 aliphatic rings. The monoisotopic (exact) mass is 248 g/mol. The van der Waals surface area contributed by atoms with E-state index >= 15 is 0 Å². The fourth-order valence-corrected chi connectivity index (χ4v) is 3.10. The minimum atomic E-state index is 0.369. The maximum atomic E-state index is 10.1. The van der Waals surface area contributed by atoms with Gasteiger partial charge in [0, 0.05) is 22.9 Å². The van der Waals surface area contributed by atoms with Crippen molar-refractivity contribution in [3.63, 3.8) is 0 Å². The fraction of sp³-hybridized carbons (Fsp3) is 0.286. The number of aromatic hydroxyl groups is 1. The number of nitrogens with two attached hydrogens (primary N) is 1. The van der Waals surface area contributed by atoms with Gasteiger partial charge in [-0.3, -0.25) is 0 Å². The lowest BCUT2D eigenvalue weighted by Crippen LogP contribution is -2.76. The average molecular weight is 249 g/mol. The normalized spacial score (nSPS) is 18.6. The van der Waals surface area contributed by atoms with Crippen LogP contribution in [0, 0.1) is 6.92 Å². The number of phenols is 1. The van der Waals surface area contributed by atoms with Gasteiger partial charge in [0.15, 0.2) is 0 Å². The minimum Gasteiger partial charge on any atom is -0.507 e. The van der Waals surface area contributed by atoms with Crippen molar-refractivity contribution in [2.45, 2.75) is 12.8 Å². The van der Waals surface area contributed by atoms with Crippen molar-refractivity contribution >= 4 is 28.1 Å². The van der Waals surface area contributed by atoms with Crippen LogP contribution in [-0.2, 0) is 0 Å². The number of halogens is 1. The van der Waals surface area contributed by atoms with E-state index in [1.54, 1.807) is 0 Å². The van der Waals surface area contributed by atoms with E-state index in [0.29, 0.717) is 17.5 Å². The summed E-state index contributed by atoms with van der Waals surface area (Å²) in [5, 5.41) is 14.4. The standard InChI is InChI=1S/C14H14ClNO/c1-8-3-2-4-10-12(17)5-11-14(13(8)10)9(6-15)7-16-11/h2-5,9,16-17H,6-7H2,1H3/p+1. The predicted octanol–water partition coefficient (Wildman–Crippen LogP) is 2.38. The molecule has 0 saturated carbocycles. The van der Waals surface area contributed by atoms with E-state index in [1.165, 1.54) is 16.5 Å². The lowest BCUT2D eigenvalue weighted by Gasteiger charge is -2.11. The van der Waals surface area contributed by atoms with Crippen LogP contribution in [0.5, 0.6) is 5.75 Å². The Morgan fingerprint density at radius 3 is 3.06 bits per heavy atom. The zero-order chi connectivity index (χ0) is 12.0. The molecule has 1 aliphatic heterocycles. The third kappa shape index (κ3) is 1.52. The summed E-state index contributed by atoms with van der Waals surface area (Å²) in [7, 11) is 0. The first kappa shape index (κ1) is 10.9. The summed E-state index contributed by atoms with van der Waals surface area (Å²) >= 11 is 6.05. The number of phenolic OH excluding ortho intramolecular Hbond substituents is 1. The van der Waals surface area contributed by atoms with Crippen LogP contribution in [0.25, 0.3) is 10.8 Å². The molecule has 0 spiro atoms. The van der Waals surface area contributed by atoms with Crippen LogP contribution >= 0.6 is 11.6 Å². The lowest BCUT2D eigenvalue weighted by atomic mass is 9.92. The Hall–Kier alpha value is -1.25. The van der Waals surface area contributed by atoms with Gasteiger partial charge in [0.1, 0.15) is 11.4 Å². The molecule has 0 fully saturated rings. The summed E-state index contributed by atoms with van der Waals surface area (Å²) in [6.07, 6.45) is 0. The molecule has 0 aliphatic carbocycles. The summed E-state index contributed by atoms with van der Waals surface area (Å²) in [4.78, 5) is 0. The molecule has 0 bridgehead atoms. The van der Waals surface area contributed by atoms with E-state index in [9.17, 15) is 5.11 Å². The van der Waals surface area contributed by atoms with Gasteiger partial charge in [-0.05, 0) is 17.9 Å². The van der Waals surface area contributed by atoms with Crippen LogP contribution in [0.15, 0.2) is 24.3 Å². The van der Waals surface area contributed by atoms with Crippen molar-refractivity contribution < 1.29 is 10.4 Å². The fourth-order valence-electron chi connectivity index (χ4n) is 2.82. The van der Waals surface area contributed by atoms with Gasteiger partial charge in [-0.25, -0.2) is 0 Å². The maximum absolute atomic E-state index is 10.1. The quantitative estimate of drug-likeness (QED) is 0.590. The number of alkyl halides is 1. The first-order chi connectivity index (χ1) is 8.22. The van der Waals surface area contributed by atoms with Crippen LogP contribution < -0.4 is 5.32 Å². The first-order valence-electron chi connectivity index (χ1n) is 5.86. The van der Waals surface area contributed by atoms with Crippen LogP contribution in [-0.4, -0.2) is 17.5 Å². The van der Waals surface area contributed by atoms with Crippen molar-refractivity contribution in [3.05, 3.63) is 35.4 Å². The summed E-state index contributed by atoms with van der Waals surface area (Å²) in [5.41, 5.74) is 3.67. The van der Waals surface area contributed by atoms with Gasteiger partial charge in [0.25, 0.3) is 0 Å². The van der Waals surface area contributed by atoms with Gasteiger partial charge >= 0.3 is 0 Å². The highest BCUT2D eigenvalue weighted by Gasteiger charge is 2.29. The van der Waals surface area contributed by atoms with Crippen LogP contribution in [0.3, 0.4) is 0 Å². The summed E-state index contributed by atoms with van der Waals surface area (Å²) < 4.78 is 0. The predicted molar refractivity (Wildman–Crippen MR) is 70.3 cm³/mol. The second kappa shape index (κ2) is 3.90. The van der Waals surface area contributed by atoms with Crippen molar-refractivity contribution in [1.82, 2.24) is 0 Å². The van der Waals surface area contributed by atoms with Gasteiger partial charge in [0.05, 0.1) is 12.5 Å². The van der Waals surface area contributed by atoms with Gasteiger partial charge in [-0.1, -0.05) is 18.2 Å². The smallest absolute Gasteiger partial charge is 0.137 e. The molecule has 2 aromatic rings. The first-order valence-corrected chi connectivity index (χ1v) is 6.40. The van der Waals surface area contributed by atoms with E-state index in [2.05, 4.69) is 18.3 Å². The zero-order valence-electron chi connectivity index (χ0n) is 9.70. The largest absolute Gasteiger partial charge is 0.507 e. The van der Waals surface area contributed by atoms with E-state index in [4.69, 9.17) is 11.6 Å². The van der Waals surface area contributed by atoms with Crippen molar-refractivity contribution in [3.8, 4) is 5.75 Å². The number of fused-ring (bicyclic) bond motifs is 3. The highest BCUT2D eigenvalue weighted by atomic mass is 35.5. The highest BCUT2D eigenvalue weighted by Crippen LogP contribution is 2.39. The second-order valence-electron chi connectivity index (χ2n) is 4.69. The third-order valence-corrected chi connectivity index (χ3v) is 4.01. The Morgan fingerprint density at radius 2 is 2.29 bits per heavy atom. The number of quaternary nitrogens is 1. The Kier molecular flexibility index (Phi) is 2.49. The van der Waals surface area contributed by atoms with E-state index in [0.717, 1.165) is 17.6 Å². The molecule has 3 heteroatoms.